The summed E-state index contributed by atoms with van der Waals surface area (Å²) in [4.78, 5) is 9.06. The summed E-state index contributed by atoms with van der Waals surface area (Å²) in [5.74, 6) is 0.982. The summed E-state index contributed by atoms with van der Waals surface area (Å²) < 4.78 is 0. The summed E-state index contributed by atoms with van der Waals surface area (Å²) in [5, 5.41) is 9.24. The maximum absolute atomic E-state index is 9.24. The Kier molecular flexibility index (Phi) is 3.66. The number of nitrogens with zero attached hydrogens (tertiary/aromatic N) is 2. The molecule has 3 aromatic rings. The van der Waals surface area contributed by atoms with Gasteiger partial charge < -0.3 is 10.5 Å². The zero-order valence-electron chi connectivity index (χ0n) is 11.7. The van der Waals surface area contributed by atoms with Gasteiger partial charge in [0.15, 0.2) is 5.82 Å². The number of nitrogens with one attached hydrogen (secondary N) is 2. The minimum Gasteiger partial charge on any atom is -0.508 e. The van der Waals surface area contributed by atoms with E-state index < -0.39 is 0 Å². The highest BCUT2D eigenvalue weighted by Crippen LogP contribution is 2.15. The average molecular weight is 280 g/mol. The molecule has 0 atom stereocenters. The minimum atomic E-state index is 0.267. The molecule has 1 aromatic heterocycles. The van der Waals surface area contributed by atoms with Crippen LogP contribution in [0.5, 0.6) is 5.75 Å². The van der Waals surface area contributed by atoms with Crippen molar-refractivity contribution in [2.45, 2.75) is 13.5 Å². The van der Waals surface area contributed by atoms with E-state index in [1.165, 1.54) is 0 Å². The molecule has 0 bridgehead atoms. The quantitative estimate of drug-likeness (QED) is 0.641. The molecule has 0 aliphatic carbocycles. The van der Waals surface area contributed by atoms with E-state index in [9.17, 15) is 5.11 Å². The largest absolute Gasteiger partial charge is 0.508 e. The molecule has 3 N–H and O–H groups in total. The molecular weight excluding hydrogens is 264 g/mol. The predicted molar refractivity (Wildman–Crippen MR) is 82.8 cm³/mol. The summed E-state index contributed by atoms with van der Waals surface area (Å²) in [5.41, 5.74) is 9.84. The lowest BCUT2D eigenvalue weighted by Crippen LogP contribution is -2.22. The second kappa shape index (κ2) is 5.76. The third-order valence-electron chi connectivity index (χ3n) is 3.18. The van der Waals surface area contributed by atoms with E-state index in [-0.39, 0.29) is 5.75 Å². The van der Waals surface area contributed by atoms with E-state index in [1.54, 1.807) is 12.1 Å². The van der Waals surface area contributed by atoms with Crippen LogP contribution in [-0.4, -0.2) is 15.1 Å². The molecular formula is C16H16N4O. The molecule has 5 heteroatoms. The Bertz CT molecular complexity index is 756. The highest BCUT2D eigenvalue weighted by atomic mass is 16.3. The van der Waals surface area contributed by atoms with Crippen LogP contribution >= 0.6 is 0 Å². The van der Waals surface area contributed by atoms with Gasteiger partial charge in [-0.3, -0.25) is 0 Å². The van der Waals surface area contributed by atoms with Gasteiger partial charge in [-0.05, 0) is 36.8 Å². The fourth-order valence-electron chi connectivity index (χ4n) is 2.05. The molecule has 0 saturated heterocycles. The van der Waals surface area contributed by atoms with E-state index >= 15 is 0 Å². The van der Waals surface area contributed by atoms with Crippen molar-refractivity contribution >= 4 is 16.9 Å². The zero-order chi connectivity index (χ0) is 14.7. The summed E-state index contributed by atoms with van der Waals surface area (Å²) in [6, 6.07) is 14.8. The molecule has 2 aromatic carbocycles. The number of phenolic OH excluding ortho intramolecular Hbond substituents is 1. The fraction of sp³-hybridized carbons (Fsp3) is 0.125. The van der Waals surface area contributed by atoms with Crippen LogP contribution < -0.4 is 10.9 Å². The Hall–Kier alpha value is -2.66. The van der Waals surface area contributed by atoms with Crippen molar-refractivity contribution < 1.29 is 5.11 Å². The number of rotatable bonds is 4. The van der Waals surface area contributed by atoms with Crippen molar-refractivity contribution in [2.75, 3.05) is 5.43 Å². The lowest BCUT2D eigenvalue weighted by atomic mass is 10.2. The topological polar surface area (TPSA) is 70.1 Å². The number of hydrogen-bond donors (Lipinski definition) is 3. The first kappa shape index (κ1) is 13.3. The monoisotopic (exact) mass is 280 g/mol. The number of hydrogen-bond acceptors (Lipinski definition) is 5. The van der Waals surface area contributed by atoms with Crippen molar-refractivity contribution in [3.8, 4) is 5.75 Å². The summed E-state index contributed by atoms with van der Waals surface area (Å²) >= 11 is 0. The number of benzene rings is 2. The van der Waals surface area contributed by atoms with E-state index in [4.69, 9.17) is 0 Å². The predicted octanol–water partition coefficient (Wildman–Crippen LogP) is 2.76. The molecule has 0 radical (unpaired) electrons. The van der Waals surface area contributed by atoms with E-state index in [0.29, 0.717) is 12.4 Å². The van der Waals surface area contributed by atoms with Gasteiger partial charge in [-0.25, -0.2) is 15.4 Å². The molecule has 0 aliphatic heterocycles. The lowest BCUT2D eigenvalue weighted by molar-refractivity contribution is 0.475. The number of anilines is 1. The van der Waals surface area contributed by atoms with Gasteiger partial charge >= 0.3 is 0 Å². The Labute approximate surface area is 122 Å². The molecule has 0 fully saturated rings. The number of aryl methyl sites for hydroxylation is 1. The summed E-state index contributed by atoms with van der Waals surface area (Å²) in [6.45, 7) is 2.54. The highest BCUT2D eigenvalue weighted by molar-refractivity contribution is 5.76. The number of fused-ring (bicyclic) bond motifs is 1. The van der Waals surface area contributed by atoms with Crippen molar-refractivity contribution in [3.63, 3.8) is 0 Å². The Balaban J connectivity index is 1.70. The van der Waals surface area contributed by atoms with Crippen LogP contribution in [0.2, 0.25) is 0 Å². The van der Waals surface area contributed by atoms with Crippen LogP contribution in [0.3, 0.4) is 0 Å². The van der Waals surface area contributed by atoms with Crippen LogP contribution in [0, 0.1) is 6.92 Å². The van der Waals surface area contributed by atoms with Gasteiger partial charge in [0.1, 0.15) is 5.75 Å². The van der Waals surface area contributed by atoms with Gasteiger partial charge in [0.2, 0.25) is 0 Å². The van der Waals surface area contributed by atoms with Crippen LogP contribution in [0.15, 0.2) is 48.5 Å². The van der Waals surface area contributed by atoms with Gasteiger partial charge in [0.05, 0.1) is 16.7 Å². The molecule has 3 rings (SSSR count). The van der Waals surface area contributed by atoms with E-state index in [0.717, 1.165) is 22.3 Å². The third kappa shape index (κ3) is 3.09. The smallest absolute Gasteiger partial charge is 0.162 e. The van der Waals surface area contributed by atoms with Crippen LogP contribution in [0.25, 0.3) is 11.0 Å². The van der Waals surface area contributed by atoms with E-state index in [1.807, 2.05) is 43.3 Å². The normalized spacial score (nSPS) is 10.7. The number of phenols is 1. The standard InChI is InChI=1S/C16H16N4O/c1-11-16(19-15-5-3-2-4-14(15)18-11)20-17-10-12-6-8-13(21)9-7-12/h2-9,17,21H,10H2,1H3,(H,19,20). The van der Waals surface area contributed by atoms with Gasteiger partial charge in [0, 0.05) is 6.54 Å². The van der Waals surface area contributed by atoms with Crippen molar-refractivity contribution in [1.82, 2.24) is 15.4 Å². The number of hydrazine groups is 1. The Morgan fingerprint density at radius 3 is 2.33 bits per heavy atom. The van der Waals surface area contributed by atoms with Crippen LogP contribution in [-0.2, 0) is 6.54 Å². The first-order valence-electron chi connectivity index (χ1n) is 6.72. The van der Waals surface area contributed by atoms with Crippen LogP contribution in [0.1, 0.15) is 11.3 Å². The first-order valence-corrected chi connectivity index (χ1v) is 6.72. The zero-order valence-corrected chi connectivity index (χ0v) is 11.7. The SMILES string of the molecule is Cc1nc2ccccc2nc1NNCc1ccc(O)cc1. The molecule has 106 valence electrons. The van der Waals surface area contributed by atoms with Gasteiger partial charge in [-0.2, -0.15) is 0 Å². The number of aromatic nitrogens is 2. The fourth-order valence-corrected chi connectivity index (χ4v) is 2.05. The molecule has 1 heterocycles. The van der Waals surface area contributed by atoms with Crippen LogP contribution in [0.4, 0.5) is 5.82 Å². The number of para-hydroxylation sites is 2. The Morgan fingerprint density at radius 2 is 1.62 bits per heavy atom. The lowest BCUT2D eigenvalue weighted by Gasteiger charge is -2.10. The second-order valence-electron chi connectivity index (χ2n) is 4.79. The molecule has 0 aliphatic rings. The molecule has 5 nitrogen and oxygen atoms in total. The average Bonchev–Trinajstić information content (AvgIpc) is 2.50. The summed E-state index contributed by atoms with van der Waals surface area (Å²) in [7, 11) is 0. The second-order valence-corrected chi connectivity index (χ2v) is 4.79. The molecule has 0 saturated carbocycles. The summed E-state index contributed by atoms with van der Waals surface area (Å²) in [6.07, 6.45) is 0. The maximum Gasteiger partial charge on any atom is 0.162 e. The van der Waals surface area contributed by atoms with Gasteiger partial charge in [-0.1, -0.05) is 24.3 Å². The molecule has 21 heavy (non-hydrogen) atoms. The van der Waals surface area contributed by atoms with Gasteiger partial charge in [-0.15, -0.1) is 0 Å². The van der Waals surface area contributed by atoms with Crippen molar-refractivity contribution in [1.29, 1.82) is 0 Å². The first-order chi connectivity index (χ1) is 10.2. The van der Waals surface area contributed by atoms with E-state index in [2.05, 4.69) is 20.8 Å². The molecule has 0 amide bonds. The minimum absolute atomic E-state index is 0.267. The number of aromatic hydroxyl groups is 1. The van der Waals surface area contributed by atoms with Gasteiger partial charge in [0.25, 0.3) is 0 Å². The van der Waals surface area contributed by atoms with Crippen molar-refractivity contribution in [2.24, 2.45) is 0 Å². The third-order valence-corrected chi connectivity index (χ3v) is 3.18. The highest BCUT2D eigenvalue weighted by Gasteiger charge is 2.04. The molecule has 0 spiro atoms. The van der Waals surface area contributed by atoms with Crippen molar-refractivity contribution in [3.05, 3.63) is 59.8 Å². The maximum atomic E-state index is 9.24. The molecule has 0 unspecified atom stereocenters. The Morgan fingerprint density at radius 1 is 0.952 bits per heavy atom.